The Hall–Kier alpha value is -0.938. The Morgan fingerprint density at radius 2 is 0.930 bits per heavy atom. The maximum atomic E-state index is 2.32. The van der Waals surface area contributed by atoms with Crippen LogP contribution in [0.25, 0.3) is 0 Å². The molecular formula is C41H63WY. The van der Waals surface area contributed by atoms with Crippen molar-refractivity contribution in [3.05, 3.63) is 139 Å². The van der Waals surface area contributed by atoms with Gasteiger partial charge in [-0.25, -0.2) is 18.1 Å². The van der Waals surface area contributed by atoms with E-state index in [-0.39, 0.29) is 68.6 Å². The minimum Gasteiger partial charge on any atom is -0.358 e. The van der Waals surface area contributed by atoms with Crippen molar-refractivity contribution in [3.8, 4) is 0 Å². The summed E-state index contributed by atoms with van der Waals surface area (Å²) >= 11 is 0. The van der Waals surface area contributed by atoms with Crippen molar-refractivity contribution in [3.63, 3.8) is 0 Å². The normalized spacial score (nSPS) is 14.1. The van der Waals surface area contributed by atoms with Gasteiger partial charge < -0.3 is 14.9 Å². The quantitative estimate of drug-likeness (QED) is 0.270. The van der Waals surface area contributed by atoms with Crippen molar-refractivity contribution < 1.29 is 53.8 Å². The van der Waals surface area contributed by atoms with Crippen LogP contribution in [0.3, 0.4) is 0 Å². The van der Waals surface area contributed by atoms with Gasteiger partial charge in [-0.2, -0.15) is 0 Å². The Bertz CT molecular complexity index is 1010. The summed E-state index contributed by atoms with van der Waals surface area (Å²) in [4.78, 5) is 0. The van der Waals surface area contributed by atoms with Gasteiger partial charge in [-0.05, 0) is 86.5 Å². The minimum absolute atomic E-state index is 0. The van der Waals surface area contributed by atoms with Crippen LogP contribution in [-0.2, 0) is 79.5 Å². The summed E-state index contributed by atoms with van der Waals surface area (Å²) in [5, 5.41) is 0. The number of rotatable bonds is 3. The topological polar surface area (TPSA) is 0 Å². The molecule has 1 unspecified atom stereocenters. The average Bonchev–Trinajstić information content (AvgIpc) is 3.60. The van der Waals surface area contributed by atoms with Crippen LogP contribution in [0.2, 0.25) is 0 Å². The fourth-order valence-electron chi connectivity index (χ4n) is 4.95. The molecule has 3 aliphatic rings. The van der Waals surface area contributed by atoms with E-state index in [1.165, 1.54) is 71.1 Å². The number of hydrogen-bond donors (Lipinski definition) is 0. The van der Waals surface area contributed by atoms with Crippen molar-refractivity contribution in [2.75, 3.05) is 0 Å². The fourth-order valence-corrected chi connectivity index (χ4v) is 4.95. The van der Waals surface area contributed by atoms with Crippen LogP contribution in [0.5, 0.6) is 0 Å². The van der Waals surface area contributed by atoms with E-state index in [4.69, 9.17) is 0 Å². The zero-order valence-electron chi connectivity index (χ0n) is 29.9. The van der Waals surface area contributed by atoms with E-state index in [0.29, 0.717) is 0 Å². The molecule has 43 heavy (non-hydrogen) atoms. The summed E-state index contributed by atoms with van der Waals surface area (Å²) in [5.74, 6) is 1.53. The largest absolute Gasteiger partial charge is 3.00 e. The van der Waals surface area contributed by atoms with E-state index in [1.807, 2.05) is 27.7 Å². The smallest absolute Gasteiger partial charge is 0.358 e. The van der Waals surface area contributed by atoms with Gasteiger partial charge in [0.25, 0.3) is 0 Å². The molecule has 0 radical (unpaired) electrons. The summed E-state index contributed by atoms with van der Waals surface area (Å²) in [6.45, 7) is 21.4. The first-order valence-corrected chi connectivity index (χ1v) is 15.5. The summed E-state index contributed by atoms with van der Waals surface area (Å²) in [6.07, 6.45) is 18.2. The standard InChI is InChI=1S/C16H16.C11H18.C8H11.2C2H6.2CH3.W.Y/c1-2-6-14-11-12-16-8-4-3-7-15(16)10-9-13(14)5-1;1-8(2)10(4)11-6-5-9(3)7-11;1-3-8-5-4-7(2)6-8;2*1-2;;;;/h1-8H,9-12H2;5-6,8,10H,7H2,1-4H3;3-5H,6H2,1-2H3;2*1-2H3;2*1H3;;/q;;-1;;;2*-1;;+3. The van der Waals surface area contributed by atoms with Crippen molar-refractivity contribution in [2.45, 2.75) is 108 Å². The molecule has 0 amide bonds. The second kappa shape index (κ2) is 28.5. The fraction of sp³-hybridized carbons (Fsp3) is 0.439. The Balaban J connectivity index is -0.000000251. The Kier molecular flexibility index (Phi) is 32.5. The number of allylic oxidation sites excluding steroid dienone is 8. The van der Waals surface area contributed by atoms with Crippen LogP contribution in [0.1, 0.15) is 104 Å². The third-order valence-electron chi connectivity index (χ3n) is 7.65. The van der Waals surface area contributed by atoms with Crippen molar-refractivity contribution in [1.82, 2.24) is 0 Å². The van der Waals surface area contributed by atoms with E-state index in [0.717, 1.165) is 18.3 Å². The molecule has 0 N–H and O–H groups in total. The molecule has 0 saturated heterocycles. The molecule has 0 aliphatic heterocycles. The zero-order chi connectivity index (χ0) is 29.2. The molecule has 0 spiro atoms. The van der Waals surface area contributed by atoms with Crippen LogP contribution in [0, 0.1) is 33.1 Å². The summed E-state index contributed by atoms with van der Waals surface area (Å²) in [5.41, 5.74) is 12.2. The van der Waals surface area contributed by atoms with Crippen molar-refractivity contribution in [1.29, 1.82) is 0 Å². The molecule has 236 valence electrons. The van der Waals surface area contributed by atoms with E-state index in [9.17, 15) is 0 Å². The molecule has 0 heterocycles. The number of fused-ring (bicyclic) bond motifs is 2. The molecule has 0 aromatic heterocycles. The van der Waals surface area contributed by atoms with E-state index < -0.39 is 0 Å². The van der Waals surface area contributed by atoms with Crippen LogP contribution in [0.4, 0.5) is 0 Å². The van der Waals surface area contributed by atoms with Gasteiger partial charge in [0.05, 0.1) is 0 Å². The molecule has 0 nitrogen and oxygen atoms in total. The van der Waals surface area contributed by atoms with Crippen molar-refractivity contribution in [2.24, 2.45) is 11.8 Å². The number of benzene rings is 2. The predicted molar refractivity (Wildman–Crippen MR) is 190 cm³/mol. The zero-order valence-corrected chi connectivity index (χ0v) is 35.7. The van der Waals surface area contributed by atoms with Gasteiger partial charge in [0.2, 0.25) is 0 Å². The first-order chi connectivity index (χ1) is 18.9. The molecule has 2 heteroatoms. The van der Waals surface area contributed by atoms with Gasteiger partial charge in [0, 0.05) is 21.1 Å². The Morgan fingerprint density at radius 3 is 1.16 bits per heavy atom. The van der Waals surface area contributed by atoms with Crippen molar-refractivity contribution >= 4 is 0 Å². The third kappa shape index (κ3) is 18.0. The van der Waals surface area contributed by atoms with Crippen LogP contribution in [-0.4, -0.2) is 0 Å². The molecule has 1 atom stereocenters. The summed E-state index contributed by atoms with van der Waals surface area (Å²) in [7, 11) is 0. The monoisotopic (exact) mass is 828 g/mol. The number of hydrogen-bond acceptors (Lipinski definition) is 0. The molecular weight excluding hydrogens is 765 g/mol. The molecule has 2 aromatic carbocycles. The average molecular weight is 829 g/mol. The Morgan fingerprint density at radius 1 is 0.581 bits per heavy atom. The first-order valence-electron chi connectivity index (χ1n) is 15.5. The summed E-state index contributed by atoms with van der Waals surface area (Å²) < 4.78 is 0. The second-order valence-electron chi connectivity index (χ2n) is 10.7. The molecule has 5 rings (SSSR count). The van der Waals surface area contributed by atoms with Crippen LogP contribution < -0.4 is 0 Å². The van der Waals surface area contributed by atoms with Crippen LogP contribution in [0.15, 0.2) is 95.1 Å². The predicted octanol–water partition coefficient (Wildman–Crippen LogP) is 12.6. The van der Waals surface area contributed by atoms with E-state index in [1.54, 1.807) is 5.57 Å². The van der Waals surface area contributed by atoms with E-state index in [2.05, 4.69) is 121 Å². The maximum absolute atomic E-state index is 2.32. The van der Waals surface area contributed by atoms with Gasteiger partial charge in [0.1, 0.15) is 0 Å². The molecule has 0 bridgehead atoms. The van der Waals surface area contributed by atoms with E-state index >= 15 is 0 Å². The molecule has 0 fully saturated rings. The molecule has 3 aliphatic carbocycles. The first kappa shape index (κ1) is 49.0. The van der Waals surface area contributed by atoms with Gasteiger partial charge in [0.15, 0.2) is 0 Å². The minimum atomic E-state index is 0. The summed E-state index contributed by atoms with van der Waals surface area (Å²) in [6, 6.07) is 17.8. The number of aryl methyl sites for hydroxylation is 4. The van der Waals surface area contributed by atoms with Gasteiger partial charge in [-0.3, -0.25) is 0 Å². The van der Waals surface area contributed by atoms with Gasteiger partial charge in [-0.15, -0.1) is 13.0 Å². The molecule has 2 aromatic rings. The maximum Gasteiger partial charge on any atom is 3.00 e. The third-order valence-corrected chi connectivity index (χ3v) is 7.65. The second-order valence-corrected chi connectivity index (χ2v) is 10.7. The SMILES string of the molecule is CC.CC.CC1=CC=C(C(C)C(C)C)C1.C[CH-]C1=CC=C(C)C1.[CH3-].[CH3-].[W].[Y+3].c1ccc2c(c1)CCc1ccccc1CC2. The van der Waals surface area contributed by atoms with Crippen LogP contribution >= 0.6 is 0 Å². The van der Waals surface area contributed by atoms with Gasteiger partial charge in [-0.1, -0.05) is 126 Å². The van der Waals surface area contributed by atoms with Gasteiger partial charge >= 0.3 is 32.7 Å². The molecule has 0 saturated carbocycles. The Labute approximate surface area is 309 Å².